The Labute approximate surface area is 111 Å². The summed E-state index contributed by atoms with van der Waals surface area (Å²) < 4.78 is 0. The zero-order valence-electron chi connectivity index (χ0n) is 10.8. The number of halogens is 1. The summed E-state index contributed by atoms with van der Waals surface area (Å²) >= 11 is 0. The van der Waals surface area contributed by atoms with E-state index in [2.05, 4.69) is 5.32 Å². The number of nitrogens with one attached hydrogen (secondary N) is 1. The van der Waals surface area contributed by atoms with Gasteiger partial charge in [0.15, 0.2) is 0 Å². The first-order chi connectivity index (χ1) is 7.77. The number of hydrogen-bond acceptors (Lipinski definition) is 2. The monoisotopic (exact) mass is 260 g/mol. The lowest BCUT2D eigenvalue weighted by Gasteiger charge is -2.32. The van der Waals surface area contributed by atoms with Gasteiger partial charge in [-0.2, -0.15) is 0 Å². The molecule has 1 N–H and O–H groups in total. The van der Waals surface area contributed by atoms with Crippen LogP contribution in [0, 0.1) is 5.92 Å². The molecule has 2 aliphatic rings. The van der Waals surface area contributed by atoms with Crippen molar-refractivity contribution >= 4 is 18.3 Å². The zero-order valence-corrected chi connectivity index (χ0v) is 11.6. The number of hydrogen-bond donors (Lipinski definition) is 1. The lowest BCUT2D eigenvalue weighted by atomic mass is 10.0. The van der Waals surface area contributed by atoms with Gasteiger partial charge in [0, 0.05) is 26.1 Å². The van der Waals surface area contributed by atoms with Gasteiger partial charge in [-0.15, -0.1) is 12.4 Å². The number of nitrogens with zero attached hydrogens (tertiary/aromatic N) is 1. The standard InChI is InChI=1S/C13H24N2O.ClH/c1-15(12-7-4-8-14-10-12)13(16)9-11-5-2-3-6-11;/h11-12,14H,2-10H2,1H3;1H. The zero-order chi connectivity index (χ0) is 11.4. The van der Waals surface area contributed by atoms with Crippen LogP contribution in [0.1, 0.15) is 44.9 Å². The number of amides is 1. The molecule has 1 unspecified atom stereocenters. The largest absolute Gasteiger partial charge is 0.341 e. The molecule has 4 heteroatoms. The first-order valence-electron chi connectivity index (χ1n) is 6.74. The predicted octanol–water partition coefficient (Wildman–Crippen LogP) is 2.20. The maximum atomic E-state index is 12.1. The average Bonchev–Trinajstić information content (AvgIpc) is 2.82. The van der Waals surface area contributed by atoms with E-state index in [0.717, 1.165) is 19.5 Å². The summed E-state index contributed by atoms with van der Waals surface area (Å²) in [6.07, 6.45) is 8.34. The predicted molar refractivity (Wildman–Crippen MR) is 72.5 cm³/mol. The van der Waals surface area contributed by atoms with Crippen LogP contribution in [0.5, 0.6) is 0 Å². The molecule has 0 aromatic rings. The molecule has 1 aliphatic heterocycles. The molecule has 1 amide bonds. The van der Waals surface area contributed by atoms with Crippen LogP contribution in [-0.4, -0.2) is 37.0 Å². The molecule has 100 valence electrons. The van der Waals surface area contributed by atoms with Gasteiger partial charge in [-0.1, -0.05) is 12.8 Å². The van der Waals surface area contributed by atoms with Gasteiger partial charge in [0.05, 0.1) is 0 Å². The minimum absolute atomic E-state index is 0. The number of rotatable bonds is 3. The topological polar surface area (TPSA) is 32.3 Å². The highest BCUT2D eigenvalue weighted by Gasteiger charge is 2.25. The van der Waals surface area contributed by atoms with Gasteiger partial charge in [0.1, 0.15) is 0 Å². The highest BCUT2D eigenvalue weighted by molar-refractivity contribution is 5.85. The number of likely N-dealkylation sites (N-methyl/N-ethyl adjacent to an activating group) is 1. The maximum Gasteiger partial charge on any atom is 0.222 e. The van der Waals surface area contributed by atoms with Gasteiger partial charge in [-0.3, -0.25) is 4.79 Å². The highest BCUT2D eigenvalue weighted by Crippen LogP contribution is 2.28. The Morgan fingerprint density at radius 3 is 2.53 bits per heavy atom. The van der Waals surface area contributed by atoms with E-state index in [1.165, 1.54) is 38.5 Å². The Balaban J connectivity index is 0.00000144. The Hall–Kier alpha value is -0.280. The van der Waals surface area contributed by atoms with Crippen molar-refractivity contribution in [2.75, 3.05) is 20.1 Å². The van der Waals surface area contributed by atoms with E-state index in [9.17, 15) is 4.79 Å². The Morgan fingerprint density at radius 1 is 1.24 bits per heavy atom. The molecule has 1 saturated heterocycles. The third-order valence-corrected chi connectivity index (χ3v) is 4.15. The first kappa shape index (κ1) is 14.8. The van der Waals surface area contributed by atoms with Crippen LogP contribution in [0.25, 0.3) is 0 Å². The molecule has 3 nitrogen and oxygen atoms in total. The summed E-state index contributed by atoms with van der Waals surface area (Å²) in [6, 6.07) is 0.433. The van der Waals surface area contributed by atoms with Crippen molar-refractivity contribution in [3.8, 4) is 0 Å². The minimum Gasteiger partial charge on any atom is -0.341 e. The van der Waals surface area contributed by atoms with Crippen molar-refractivity contribution in [1.29, 1.82) is 0 Å². The van der Waals surface area contributed by atoms with Gasteiger partial charge in [-0.05, 0) is 38.1 Å². The number of piperidine rings is 1. The van der Waals surface area contributed by atoms with Gasteiger partial charge >= 0.3 is 0 Å². The fourth-order valence-electron chi connectivity index (χ4n) is 2.97. The molecular weight excluding hydrogens is 236 g/mol. The van der Waals surface area contributed by atoms with Crippen molar-refractivity contribution in [2.45, 2.75) is 51.0 Å². The molecule has 1 aliphatic carbocycles. The average molecular weight is 261 g/mol. The smallest absolute Gasteiger partial charge is 0.222 e. The second kappa shape index (κ2) is 7.22. The molecule has 2 fully saturated rings. The Kier molecular flexibility index (Phi) is 6.28. The molecule has 0 aromatic carbocycles. The third-order valence-electron chi connectivity index (χ3n) is 4.15. The molecule has 1 saturated carbocycles. The van der Waals surface area contributed by atoms with Gasteiger partial charge in [0.2, 0.25) is 5.91 Å². The molecule has 0 spiro atoms. The van der Waals surface area contributed by atoms with Gasteiger partial charge in [-0.25, -0.2) is 0 Å². The summed E-state index contributed by atoms with van der Waals surface area (Å²) in [6.45, 7) is 2.09. The van der Waals surface area contributed by atoms with Crippen LogP contribution in [0.15, 0.2) is 0 Å². The van der Waals surface area contributed by atoms with Crippen LogP contribution >= 0.6 is 12.4 Å². The first-order valence-corrected chi connectivity index (χ1v) is 6.74. The van der Waals surface area contributed by atoms with Crippen molar-refractivity contribution in [3.63, 3.8) is 0 Å². The molecule has 1 atom stereocenters. The van der Waals surface area contributed by atoms with E-state index in [1.54, 1.807) is 0 Å². The van der Waals surface area contributed by atoms with E-state index in [1.807, 2.05) is 11.9 Å². The van der Waals surface area contributed by atoms with E-state index >= 15 is 0 Å². The van der Waals surface area contributed by atoms with Crippen LogP contribution < -0.4 is 5.32 Å². The van der Waals surface area contributed by atoms with Crippen LogP contribution in [0.4, 0.5) is 0 Å². The van der Waals surface area contributed by atoms with E-state index in [4.69, 9.17) is 0 Å². The highest BCUT2D eigenvalue weighted by atomic mass is 35.5. The fourth-order valence-corrected chi connectivity index (χ4v) is 2.97. The quantitative estimate of drug-likeness (QED) is 0.844. The number of carbonyl (C=O) groups excluding carboxylic acids is 1. The molecule has 0 bridgehead atoms. The molecule has 1 heterocycles. The lowest BCUT2D eigenvalue weighted by Crippen LogP contribution is -2.46. The summed E-state index contributed by atoms with van der Waals surface area (Å²) in [7, 11) is 1.98. The summed E-state index contributed by atoms with van der Waals surface area (Å²) in [5.41, 5.74) is 0. The van der Waals surface area contributed by atoms with Gasteiger partial charge in [0.25, 0.3) is 0 Å². The molecule has 17 heavy (non-hydrogen) atoms. The van der Waals surface area contributed by atoms with Gasteiger partial charge < -0.3 is 10.2 Å². The molecular formula is C13H25ClN2O. The van der Waals surface area contributed by atoms with E-state index in [-0.39, 0.29) is 12.4 Å². The normalized spacial score (nSPS) is 25.4. The second-order valence-corrected chi connectivity index (χ2v) is 5.36. The number of carbonyl (C=O) groups is 1. The van der Waals surface area contributed by atoms with Crippen molar-refractivity contribution in [1.82, 2.24) is 10.2 Å². The van der Waals surface area contributed by atoms with E-state index in [0.29, 0.717) is 17.9 Å². The second-order valence-electron chi connectivity index (χ2n) is 5.36. The maximum absolute atomic E-state index is 12.1. The van der Waals surface area contributed by atoms with Crippen LogP contribution in [-0.2, 0) is 4.79 Å². The van der Waals surface area contributed by atoms with Crippen molar-refractivity contribution < 1.29 is 4.79 Å². The molecule has 2 rings (SSSR count). The summed E-state index contributed by atoms with van der Waals surface area (Å²) in [4.78, 5) is 14.1. The lowest BCUT2D eigenvalue weighted by molar-refractivity contribution is -0.133. The van der Waals surface area contributed by atoms with E-state index < -0.39 is 0 Å². The van der Waals surface area contributed by atoms with Crippen LogP contribution in [0.2, 0.25) is 0 Å². The third kappa shape index (κ3) is 4.14. The van der Waals surface area contributed by atoms with Crippen LogP contribution in [0.3, 0.4) is 0 Å². The fraction of sp³-hybridized carbons (Fsp3) is 0.923. The Morgan fingerprint density at radius 2 is 1.94 bits per heavy atom. The molecule has 0 aromatic heterocycles. The SMILES string of the molecule is CN(C(=O)CC1CCCC1)C1CCCNC1.Cl. The van der Waals surface area contributed by atoms with Crippen molar-refractivity contribution in [3.05, 3.63) is 0 Å². The summed E-state index contributed by atoms with van der Waals surface area (Å²) in [5.74, 6) is 1.03. The summed E-state index contributed by atoms with van der Waals surface area (Å²) in [5, 5.41) is 3.37. The molecule has 0 radical (unpaired) electrons. The Bertz CT molecular complexity index is 236. The minimum atomic E-state index is 0. The van der Waals surface area contributed by atoms with Crippen molar-refractivity contribution in [2.24, 2.45) is 5.92 Å².